The van der Waals surface area contributed by atoms with Gasteiger partial charge in [0.1, 0.15) is 5.75 Å². The van der Waals surface area contributed by atoms with Gasteiger partial charge in [0.05, 0.1) is 13.2 Å². The fourth-order valence-electron chi connectivity index (χ4n) is 2.61. The first kappa shape index (κ1) is 13.2. The van der Waals surface area contributed by atoms with Crippen LogP contribution in [-0.4, -0.2) is 7.11 Å². The Morgan fingerprint density at radius 1 is 1.32 bits per heavy atom. The summed E-state index contributed by atoms with van der Waals surface area (Å²) in [4.78, 5) is 2.75. The SMILES string of the molecule is COc1ccc(Br)cc1C(N)c1cc2c(s1)CCC2. The summed E-state index contributed by atoms with van der Waals surface area (Å²) in [7, 11) is 1.69. The summed E-state index contributed by atoms with van der Waals surface area (Å²) < 4.78 is 6.45. The molecule has 1 aliphatic carbocycles. The number of fused-ring (bicyclic) bond motifs is 1. The first-order valence-corrected chi connectivity index (χ1v) is 8.00. The lowest BCUT2D eigenvalue weighted by Crippen LogP contribution is -2.11. The van der Waals surface area contributed by atoms with Crippen LogP contribution in [-0.2, 0) is 12.8 Å². The van der Waals surface area contributed by atoms with Crippen molar-refractivity contribution in [2.24, 2.45) is 5.73 Å². The molecule has 0 bridgehead atoms. The molecule has 2 aromatic rings. The Balaban J connectivity index is 1.98. The van der Waals surface area contributed by atoms with Crippen LogP contribution in [0.1, 0.15) is 33.3 Å². The average molecular weight is 338 g/mol. The van der Waals surface area contributed by atoms with Gasteiger partial charge in [-0.1, -0.05) is 15.9 Å². The van der Waals surface area contributed by atoms with Crippen molar-refractivity contribution in [2.75, 3.05) is 7.11 Å². The molecule has 4 heteroatoms. The maximum atomic E-state index is 6.43. The van der Waals surface area contributed by atoms with Gasteiger partial charge in [0.2, 0.25) is 0 Å². The molecule has 1 aromatic carbocycles. The summed E-state index contributed by atoms with van der Waals surface area (Å²) in [5.74, 6) is 0.851. The molecule has 0 radical (unpaired) electrons. The van der Waals surface area contributed by atoms with E-state index in [4.69, 9.17) is 10.5 Å². The van der Waals surface area contributed by atoms with Crippen LogP contribution >= 0.6 is 27.3 Å². The van der Waals surface area contributed by atoms with Crippen molar-refractivity contribution in [3.8, 4) is 5.75 Å². The first-order chi connectivity index (χ1) is 9.19. The molecule has 2 nitrogen and oxygen atoms in total. The third kappa shape index (κ3) is 2.45. The fourth-order valence-corrected chi connectivity index (χ4v) is 4.26. The van der Waals surface area contributed by atoms with Crippen molar-refractivity contribution in [2.45, 2.75) is 25.3 Å². The number of rotatable bonds is 3. The third-order valence-corrected chi connectivity index (χ3v) is 5.41. The van der Waals surface area contributed by atoms with Crippen LogP contribution < -0.4 is 10.5 Å². The predicted molar refractivity (Wildman–Crippen MR) is 83.1 cm³/mol. The smallest absolute Gasteiger partial charge is 0.124 e. The third-order valence-electron chi connectivity index (χ3n) is 3.60. The molecule has 2 N–H and O–H groups in total. The summed E-state index contributed by atoms with van der Waals surface area (Å²) in [5.41, 5.74) is 8.96. The number of thiophene rings is 1. The van der Waals surface area contributed by atoms with Crippen molar-refractivity contribution >= 4 is 27.3 Å². The Bertz CT molecular complexity index is 587. The van der Waals surface area contributed by atoms with E-state index in [-0.39, 0.29) is 6.04 Å². The topological polar surface area (TPSA) is 35.2 Å². The molecule has 1 aliphatic rings. The van der Waals surface area contributed by atoms with E-state index in [0.717, 1.165) is 15.8 Å². The summed E-state index contributed by atoms with van der Waals surface area (Å²) in [6.45, 7) is 0. The highest BCUT2D eigenvalue weighted by molar-refractivity contribution is 9.10. The molecule has 19 heavy (non-hydrogen) atoms. The molecule has 1 unspecified atom stereocenters. The average Bonchev–Trinajstić information content (AvgIpc) is 2.98. The van der Waals surface area contributed by atoms with Gasteiger partial charge in [-0.2, -0.15) is 0 Å². The Morgan fingerprint density at radius 2 is 2.16 bits per heavy atom. The highest BCUT2D eigenvalue weighted by Crippen LogP contribution is 2.38. The Labute approximate surface area is 125 Å². The van der Waals surface area contributed by atoms with E-state index in [1.165, 1.54) is 34.6 Å². The Morgan fingerprint density at radius 3 is 2.89 bits per heavy atom. The summed E-state index contributed by atoms with van der Waals surface area (Å²) in [6, 6.07) is 8.15. The second-order valence-electron chi connectivity index (χ2n) is 4.81. The molecule has 0 saturated carbocycles. The van der Waals surface area contributed by atoms with E-state index in [2.05, 4.69) is 22.0 Å². The van der Waals surface area contributed by atoms with Crippen LogP contribution in [0, 0.1) is 0 Å². The number of benzene rings is 1. The van der Waals surface area contributed by atoms with Gasteiger partial charge in [-0.05, 0) is 49.1 Å². The van der Waals surface area contributed by atoms with Crippen LogP contribution in [0.3, 0.4) is 0 Å². The van der Waals surface area contributed by atoms with Gasteiger partial charge < -0.3 is 10.5 Å². The molecule has 100 valence electrons. The zero-order valence-electron chi connectivity index (χ0n) is 10.8. The molecule has 0 saturated heterocycles. The van der Waals surface area contributed by atoms with Gasteiger partial charge in [-0.3, -0.25) is 0 Å². The van der Waals surface area contributed by atoms with Crippen LogP contribution in [0.4, 0.5) is 0 Å². The van der Waals surface area contributed by atoms with Crippen molar-refractivity contribution in [3.63, 3.8) is 0 Å². The summed E-state index contributed by atoms with van der Waals surface area (Å²) >= 11 is 5.36. The largest absolute Gasteiger partial charge is 0.496 e. The van der Waals surface area contributed by atoms with Gasteiger partial charge in [-0.25, -0.2) is 0 Å². The molecular weight excluding hydrogens is 322 g/mol. The van der Waals surface area contributed by atoms with E-state index < -0.39 is 0 Å². The quantitative estimate of drug-likeness (QED) is 0.916. The Kier molecular flexibility index (Phi) is 3.65. The lowest BCUT2D eigenvalue weighted by Gasteiger charge is -2.15. The van der Waals surface area contributed by atoms with Gasteiger partial charge >= 0.3 is 0 Å². The van der Waals surface area contributed by atoms with Crippen LogP contribution in [0.25, 0.3) is 0 Å². The number of ether oxygens (including phenoxy) is 1. The normalized spacial score (nSPS) is 15.3. The fraction of sp³-hybridized carbons (Fsp3) is 0.333. The van der Waals surface area contributed by atoms with Gasteiger partial charge in [0, 0.05) is 19.8 Å². The highest BCUT2D eigenvalue weighted by atomic mass is 79.9. The monoisotopic (exact) mass is 337 g/mol. The summed E-state index contributed by atoms with van der Waals surface area (Å²) in [6.07, 6.45) is 3.70. The summed E-state index contributed by atoms with van der Waals surface area (Å²) in [5, 5.41) is 0. The van der Waals surface area contributed by atoms with E-state index in [1.54, 1.807) is 7.11 Å². The van der Waals surface area contributed by atoms with Crippen molar-refractivity contribution in [3.05, 3.63) is 49.6 Å². The van der Waals surface area contributed by atoms with Crippen molar-refractivity contribution < 1.29 is 4.74 Å². The lowest BCUT2D eigenvalue weighted by molar-refractivity contribution is 0.408. The highest BCUT2D eigenvalue weighted by Gasteiger charge is 2.21. The van der Waals surface area contributed by atoms with E-state index in [9.17, 15) is 0 Å². The van der Waals surface area contributed by atoms with Crippen LogP contribution in [0.15, 0.2) is 28.7 Å². The maximum Gasteiger partial charge on any atom is 0.124 e. The predicted octanol–water partition coefficient (Wildman–Crippen LogP) is 4.06. The number of methoxy groups -OCH3 is 1. The van der Waals surface area contributed by atoms with E-state index >= 15 is 0 Å². The minimum atomic E-state index is -0.108. The second-order valence-corrected chi connectivity index (χ2v) is 6.90. The molecule has 0 amide bonds. The zero-order valence-corrected chi connectivity index (χ0v) is 13.2. The standard InChI is InChI=1S/C15H16BrNOS/c1-18-12-6-5-10(16)8-11(12)15(17)14-7-9-3-2-4-13(9)19-14/h5-8,15H,2-4,17H2,1H3. The number of hydrogen-bond acceptors (Lipinski definition) is 3. The van der Waals surface area contributed by atoms with Crippen LogP contribution in [0.5, 0.6) is 5.75 Å². The van der Waals surface area contributed by atoms with Gasteiger partial charge in [0.15, 0.2) is 0 Å². The lowest BCUT2D eigenvalue weighted by atomic mass is 10.0. The van der Waals surface area contributed by atoms with Gasteiger partial charge in [-0.15, -0.1) is 11.3 Å². The number of aryl methyl sites for hydroxylation is 2. The van der Waals surface area contributed by atoms with Crippen LogP contribution in [0.2, 0.25) is 0 Å². The molecule has 3 rings (SSSR count). The van der Waals surface area contributed by atoms with Crippen molar-refractivity contribution in [1.29, 1.82) is 0 Å². The molecule has 1 aromatic heterocycles. The van der Waals surface area contributed by atoms with E-state index in [0.29, 0.717) is 0 Å². The molecular formula is C15H16BrNOS. The van der Waals surface area contributed by atoms with Gasteiger partial charge in [0.25, 0.3) is 0 Å². The maximum absolute atomic E-state index is 6.43. The van der Waals surface area contributed by atoms with Crippen molar-refractivity contribution in [1.82, 2.24) is 0 Å². The number of nitrogens with two attached hydrogens (primary N) is 1. The number of hydrogen-bond donors (Lipinski definition) is 1. The number of halogens is 1. The first-order valence-electron chi connectivity index (χ1n) is 6.39. The molecule has 0 aliphatic heterocycles. The zero-order chi connectivity index (χ0) is 13.4. The molecule has 1 heterocycles. The minimum absolute atomic E-state index is 0.108. The molecule has 0 fully saturated rings. The molecule has 0 spiro atoms. The molecule has 1 atom stereocenters. The minimum Gasteiger partial charge on any atom is -0.496 e. The Hall–Kier alpha value is -0.840. The van der Waals surface area contributed by atoms with E-state index in [1.807, 2.05) is 29.5 Å². The second kappa shape index (κ2) is 5.27.